The number of anilines is 3. The molecule has 1 aliphatic heterocycles. The minimum atomic E-state index is -0.758. The van der Waals surface area contributed by atoms with Crippen LogP contribution in [0.2, 0.25) is 0 Å². The number of allylic oxidation sites excluding steroid dienone is 3. The van der Waals surface area contributed by atoms with Crippen LogP contribution in [0.5, 0.6) is 0 Å². The van der Waals surface area contributed by atoms with E-state index in [0.29, 0.717) is 0 Å². The summed E-state index contributed by atoms with van der Waals surface area (Å²) in [5.74, 6) is -2.64. The van der Waals surface area contributed by atoms with Crippen LogP contribution in [0, 0.1) is 11.6 Å². The van der Waals surface area contributed by atoms with Gasteiger partial charge in [0.2, 0.25) is 0 Å². The molecule has 0 radical (unpaired) electrons. The number of hydrogen-bond acceptors (Lipinski definition) is 6. The SMILES string of the molecule is O=C(Nc1cc(N2C=CC=CC=N2)c(F)cc1C(=O)Nc1ccc(F)cn1)c1ccccn1. The minimum Gasteiger partial charge on any atom is -0.320 e. The Morgan fingerprint density at radius 2 is 1.79 bits per heavy atom. The van der Waals surface area contributed by atoms with Gasteiger partial charge in [0.1, 0.15) is 28.8 Å². The first kappa shape index (κ1) is 21.5. The summed E-state index contributed by atoms with van der Waals surface area (Å²) in [7, 11) is 0. The number of halogens is 2. The number of nitrogens with zero attached hydrogens (tertiary/aromatic N) is 4. The van der Waals surface area contributed by atoms with Crippen LogP contribution in [-0.4, -0.2) is 28.0 Å². The molecule has 2 N–H and O–H groups in total. The van der Waals surface area contributed by atoms with Gasteiger partial charge >= 0.3 is 0 Å². The average molecular weight is 446 g/mol. The number of rotatable bonds is 5. The third-order valence-corrected chi connectivity index (χ3v) is 4.42. The van der Waals surface area contributed by atoms with Gasteiger partial charge in [-0.2, -0.15) is 5.10 Å². The smallest absolute Gasteiger partial charge is 0.274 e. The second-order valence-corrected chi connectivity index (χ2v) is 6.67. The van der Waals surface area contributed by atoms with Gasteiger partial charge in [0.25, 0.3) is 11.8 Å². The molecule has 164 valence electrons. The maximum Gasteiger partial charge on any atom is 0.274 e. The molecule has 3 heterocycles. The number of amides is 2. The van der Waals surface area contributed by atoms with E-state index in [2.05, 4.69) is 25.7 Å². The Labute approximate surface area is 187 Å². The van der Waals surface area contributed by atoms with Crippen LogP contribution in [0.3, 0.4) is 0 Å². The number of pyridine rings is 2. The van der Waals surface area contributed by atoms with Gasteiger partial charge in [-0.15, -0.1) is 0 Å². The van der Waals surface area contributed by atoms with Crippen LogP contribution in [-0.2, 0) is 0 Å². The third kappa shape index (κ3) is 5.13. The first-order valence-electron chi connectivity index (χ1n) is 9.67. The van der Waals surface area contributed by atoms with E-state index >= 15 is 4.39 Å². The van der Waals surface area contributed by atoms with Crippen molar-refractivity contribution in [1.29, 1.82) is 0 Å². The number of benzene rings is 1. The Balaban J connectivity index is 1.72. The Hall–Kier alpha value is -4.73. The molecular weight excluding hydrogens is 430 g/mol. The highest BCUT2D eigenvalue weighted by atomic mass is 19.1. The first-order chi connectivity index (χ1) is 16.0. The lowest BCUT2D eigenvalue weighted by atomic mass is 10.1. The summed E-state index contributed by atoms with van der Waals surface area (Å²) in [6, 6.07) is 9.42. The van der Waals surface area contributed by atoms with E-state index in [-0.39, 0.29) is 28.5 Å². The van der Waals surface area contributed by atoms with E-state index in [1.165, 1.54) is 41.8 Å². The second kappa shape index (κ2) is 9.60. The molecule has 0 atom stereocenters. The largest absolute Gasteiger partial charge is 0.320 e. The van der Waals surface area contributed by atoms with Crippen molar-refractivity contribution in [1.82, 2.24) is 9.97 Å². The maximum absolute atomic E-state index is 15.0. The zero-order valence-electron chi connectivity index (χ0n) is 16.9. The molecule has 2 amide bonds. The Morgan fingerprint density at radius 1 is 0.909 bits per heavy atom. The fraction of sp³-hybridized carbons (Fsp3) is 0. The van der Waals surface area contributed by atoms with Gasteiger partial charge < -0.3 is 10.6 Å². The normalized spacial score (nSPS) is 12.4. The summed E-state index contributed by atoms with van der Waals surface area (Å²) in [4.78, 5) is 33.3. The molecule has 0 saturated carbocycles. The molecule has 3 aromatic rings. The number of hydrogen-bond donors (Lipinski definition) is 2. The van der Waals surface area contributed by atoms with Crippen molar-refractivity contribution >= 4 is 35.2 Å². The van der Waals surface area contributed by atoms with E-state index < -0.39 is 23.4 Å². The monoisotopic (exact) mass is 446 g/mol. The molecule has 0 aliphatic carbocycles. The fourth-order valence-electron chi connectivity index (χ4n) is 2.88. The first-order valence-corrected chi connectivity index (χ1v) is 9.67. The summed E-state index contributed by atoms with van der Waals surface area (Å²) in [5, 5.41) is 10.4. The van der Waals surface area contributed by atoms with Crippen LogP contribution >= 0.6 is 0 Å². The van der Waals surface area contributed by atoms with Crippen molar-refractivity contribution in [2.45, 2.75) is 0 Å². The van der Waals surface area contributed by atoms with Gasteiger partial charge in [0, 0.05) is 18.6 Å². The van der Waals surface area contributed by atoms with Crippen molar-refractivity contribution in [2.75, 3.05) is 15.6 Å². The van der Waals surface area contributed by atoms with E-state index in [9.17, 15) is 14.0 Å². The zero-order chi connectivity index (χ0) is 23.2. The molecule has 0 unspecified atom stereocenters. The standard InChI is InChI=1S/C23H16F2N6O2/c24-15-7-8-21(27-14-15)30-22(32)16-12-17(25)20(31-11-5-1-3-10-28-31)13-19(16)29-23(33)18-6-2-4-9-26-18/h1-14H,(H,29,33)(H,27,30,32). The van der Waals surface area contributed by atoms with Gasteiger partial charge in [0.15, 0.2) is 0 Å². The van der Waals surface area contributed by atoms with Crippen LogP contribution in [0.15, 0.2) is 84.4 Å². The molecule has 0 bridgehead atoms. The molecule has 0 fully saturated rings. The number of carbonyl (C=O) groups is 2. The molecule has 1 aromatic carbocycles. The maximum atomic E-state index is 15.0. The van der Waals surface area contributed by atoms with Crippen molar-refractivity contribution in [3.05, 3.63) is 102 Å². The predicted octanol–water partition coefficient (Wildman–Crippen LogP) is 4.14. The molecule has 33 heavy (non-hydrogen) atoms. The highest BCUT2D eigenvalue weighted by Crippen LogP contribution is 2.29. The quantitative estimate of drug-likeness (QED) is 0.614. The molecule has 10 heteroatoms. The zero-order valence-corrected chi connectivity index (χ0v) is 16.9. The molecule has 0 saturated heterocycles. The molecular formula is C23H16F2N6O2. The molecule has 8 nitrogen and oxygen atoms in total. The Kier molecular flexibility index (Phi) is 6.26. The van der Waals surface area contributed by atoms with E-state index in [1.54, 1.807) is 30.4 Å². The highest BCUT2D eigenvalue weighted by molar-refractivity contribution is 6.12. The summed E-state index contributed by atoms with van der Waals surface area (Å²) >= 11 is 0. The number of aromatic nitrogens is 2. The van der Waals surface area contributed by atoms with Crippen molar-refractivity contribution in [3.8, 4) is 0 Å². The molecule has 2 aromatic heterocycles. The van der Waals surface area contributed by atoms with Gasteiger partial charge in [-0.05, 0) is 48.6 Å². The third-order valence-electron chi connectivity index (χ3n) is 4.42. The number of nitrogens with one attached hydrogen (secondary N) is 2. The Bertz CT molecular complexity index is 1260. The summed E-state index contributed by atoms with van der Waals surface area (Å²) < 4.78 is 28.1. The van der Waals surface area contributed by atoms with Gasteiger partial charge in [-0.3, -0.25) is 14.6 Å². The highest BCUT2D eigenvalue weighted by Gasteiger charge is 2.21. The van der Waals surface area contributed by atoms with Crippen LogP contribution in [0.25, 0.3) is 0 Å². The van der Waals surface area contributed by atoms with Crippen LogP contribution in [0.4, 0.5) is 26.0 Å². The molecule has 4 rings (SSSR count). The van der Waals surface area contributed by atoms with Crippen molar-refractivity contribution < 1.29 is 18.4 Å². The van der Waals surface area contributed by atoms with E-state index in [1.807, 2.05) is 0 Å². The summed E-state index contributed by atoms with van der Waals surface area (Å²) in [5.41, 5.74) is -0.0548. The lowest BCUT2D eigenvalue weighted by molar-refractivity contribution is 0.102. The lowest BCUT2D eigenvalue weighted by Crippen LogP contribution is -2.21. The van der Waals surface area contributed by atoms with Gasteiger partial charge in [-0.25, -0.2) is 18.8 Å². The lowest BCUT2D eigenvalue weighted by Gasteiger charge is -2.18. The predicted molar refractivity (Wildman–Crippen MR) is 120 cm³/mol. The molecule has 1 aliphatic rings. The Morgan fingerprint density at radius 3 is 2.55 bits per heavy atom. The van der Waals surface area contributed by atoms with Crippen LogP contribution < -0.4 is 15.6 Å². The van der Waals surface area contributed by atoms with E-state index in [4.69, 9.17) is 0 Å². The van der Waals surface area contributed by atoms with Crippen LogP contribution in [0.1, 0.15) is 20.8 Å². The topological polar surface area (TPSA) is 99.6 Å². The van der Waals surface area contributed by atoms with Gasteiger partial charge in [0.05, 0.1) is 17.4 Å². The second-order valence-electron chi connectivity index (χ2n) is 6.67. The van der Waals surface area contributed by atoms with Crippen molar-refractivity contribution in [3.63, 3.8) is 0 Å². The number of hydrazone groups is 1. The summed E-state index contributed by atoms with van der Waals surface area (Å²) in [6.07, 6.45) is 10.4. The molecule has 0 spiro atoms. The average Bonchev–Trinajstić information content (AvgIpc) is 3.11. The minimum absolute atomic E-state index is 0.000946. The fourth-order valence-corrected chi connectivity index (χ4v) is 2.88. The number of carbonyl (C=O) groups excluding carboxylic acids is 2. The van der Waals surface area contributed by atoms with E-state index in [0.717, 1.165) is 18.3 Å². The summed E-state index contributed by atoms with van der Waals surface area (Å²) in [6.45, 7) is 0. The van der Waals surface area contributed by atoms with Gasteiger partial charge in [-0.1, -0.05) is 12.1 Å². The van der Waals surface area contributed by atoms with Crippen molar-refractivity contribution in [2.24, 2.45) is 5.10 Å².